The number of carbonyl (C=O) groups excluding carboxylic acids is 3. The van der Waals surface area contributed by atoms with Crippen molar-refractivity contribution >= 4 is 35.0 Å². The van der Waals surface area contributed by atoms with Crippen molar-refractivity contribution in [3.05, 3.63) is 41.7 Å². The second kappa shape index (κ2) is 7.23. The number of piperazine rings is 1. The summed E-state index contributed by atoms with van der Waals surface area (Å²) in [4.78, 5) is 38.1. The Hall–Kier alpha value is -2.41. The van der Waals surface area contributed by atoms with Gasteiger partial charge in [-0.25, -0.2) is 4.39 Å². The number of benzene rings is 1. The maximum Gasteiger partial charge on any atom is 0.246 e. The third-order valence-corrected chi connectivity index (χ3v) is 3.66. The molecule has 0 spiro atoms. The number of nitrogens with one attached hydrogen (secondary N) is 1. The number of hydrogen-bond donors (Lipinski definition) is 1. The topological polar surface area (TPSA) is 69.7 Å². The zero-order valence-electron chi connectivity index (χ0n) is 12.2. The Morgan fingerprint density at radius 1 is 1.39 bits per heavy atom. The summed E-state index contributed by atoms with van der Waals surface area (Å²) in [6.45, 7) is 3.71. The third kappa shape index (κ3) is 4.29. The molecule has 122 valence electrons. The molecule has 1 saturated heterocycles. The first-order valence-electron chi connectivity index (χ1n) is 6.84. The van der Waals surface area contributed by atoms with E-state index in [2.05, 4.69) is 11.9 Å². The van der Waals surface area contributed by atoms with Gasteiger partial charge < -0.3 is 15.1 Å². The number of rotatable bonds is 4. The van der Waals surface area contributed by atoms with Gasteiger partial charge in [0.05, 0.1) is 17.3 Å². The van der Waals surface area contributed by atoms with Crippen molar-refractivity contribution in [2.75, 3.05) is 31.5 Å². The van der Waals surface area contributed by atoms with Gasteiger partial charge in [0.2, 0.25) is 17.7 Å². The monoisotopic (exact) mass is 339 g/mol. The maximum absolute atomic E-state index is 13.0. The van der Waals surface area contributed by atoms with Crippen LogP contribution in [-0.4, -0.2) is 53.7 Å². The number of anilines is 1. The smallest absolute Gasteiger partial charge is 0.246 e. The minimum Gasteiger partial charge on any atom is -0.330 e. The van der Waals surface area contributed by atoms with Crippen LogP contribution >= 0.6 is 11.6 Å². The fourth-order valence-corrected chi connectivity index (χ4v) is 2.36. The van der Waals surface area contributed by atoms with Gasteiger partial charge in [-0.05, 0) is 24.3 Å². The number of nitrogens with zero attached hydrogens (tertiary/aromatic N) is 2. The Morgan fingerprint density at radius 3 is 2.74 bits per heavy atom. The van der Waals surface area contributed by atoms with Crippen molar-refractivity contribution in [3.8, 4) is 0 Å². The predicted octanol–water partition coefficient (Wildman–Crippen LogP) is 1.27. The Labute approximate surface area is 137 Å². The van der Waals surface area contributed by atoms with Crippen LogP contribution < -0.4 is 5.32 Å². The number of hydrogen-bond acceptors (Lipinski definition) is 3. The highest BCUT2D eigenvalue weighted by Gasteiger charge is 2.27. The number of carbonyl (C=O) groups is 3. The molecule has 0 unspecified atom stereocenters. The fraction of sp³-hybridized carbons (Fsp3) is 0.267. The first kappa shape index (κ1) is 17.0. The molecule has 0 bridgehead atoms. The van der Waals surface area contributed by atoms with E-state index < -0.39 is 11.7 Å². The van der Waals surface area contributed by atoms with Crippen LogP contribution in [0.2, 0.25) is 5.02 Å². The molecule has 1 aromatic rings. The standard InChI is InChI=1S/C15H15ClFN3O3/c1-2-14(22)20-6-5-19(15(23)9-20)8-13(21)18-12-4-3-10(17)7-11(12)16/h2-4,7H,1,5-6,8-9H2,(H,18,21). The maximum atomic E-state index is 13.0. The van der Waals surface area contributed by atoms with Gasteiger partial charge in [0.15, 0.2) is 0 Å². The molecule has 1 N–H and O–H groups in total. The molecule has 2 rings (SSSR count). The molecule has 1 aliphatic rings. The van der Waals surface area contributed by atoms with E-state index in [1.54, 1.807) is 0 Å². The Morgan fingerprint density at radius 2 is 2.13 bits per heavy atom. The normalized spacial score (nSPS) is 14.6. The van der Waals surface area contributed by atoms with Crippen LogP contribution in [0.25, 0.3) is 0 Å². The van der Waals surface area contributed by atoms with Gasteiger partial charge in [-0.2, -0.15) is 0 Å². The van der Waals surface area contributed by atoms with Crippen LogP contribution in [-0.2, 0) is 14.4 Å². The highest BCUT2D eigenvalue weighted by molar-refractivity contribution is 6.33. The second-order valence-electron chi connectivity index (χ2n) is 4.95. The van der Waals surface area contributed by atoms with Crippen LogP contribution in [0, 0.1) is 5.82 Å². The lowest BCUT2D eigenvalue weighted by molar-refractivity contribution is -0.144. The van der Waals surface area contributed by atoms with E-state index >= 15 is 0 Å². The third-order valence-electron chi connectivity index (χ3n) is 3.34. The summed E-state index contributed by atoms with van der Waals surface area (Å²) >= 11 is 5.83. The summed E-state index contributed by atoms with van der Waals surface area (Å²) < 4.78 is 13.0. The highest BCUT2D eigenvalue weighted by atomic mass is 35.5. The van der Waals surface area contributed by atoms with Crippen molar-refractivity contribution in [1.82, 2.24) is 9.80 Å². The minimum absolute atomic E-state index is 0.0751. The zero-order chi connectivity index (χ0) is 17.0. The van der Waals surface area contributed by atoms with Gasteiger partial charge in [0.25, 0.3) is 0 Å². The minimum atomic E-state index is -0.508. The zero-order valence-corrected chi connectivity index (χ0v) is 13.0. The van der Waals surface area contributed by atoms with Gasteiger partial charge in [-0.3, -0.25) is 14.4 Å². The van der Waals surface area contributed by atoms with E-state index in [-0.39, 0.29) is 42.2 Å². The van der Waals surface area contributed by atoms with Gasteiger partial charge in [-0.1, -0.05) is 18.2 Å². The summed E-state index contributed by atoms with van der Waals surface area (Å²) in [6.07, 6.45) is 1.15. The SMILES string of the molecule is C=CC(=O)N1CCN(CC(=O)Nc2ccc(F)cc2Cl)C(=O)C1. The van der Waals surface area contributed by atoms with Crippen LogP contribution in [0.15, 0.2) is 30.9 Å². The van der Waals surface area contributed by atoms with Crippen molar-refractivity contribution in [1.29, 1.82) is 0 Å². The van der Waals surface area contributed by atoms with E-state index in [1.807, 2.05) is 0 Å². The van der Waals surface area contributed by atoms with Crippen LogP contribution in [0.5, 0.6) is 0 Å². The first-order chi connectivity index (χ1) is 10.9. The van der Waals surface area contributed by atoms with Gasteiger partial charge in [0.1, 0.15) is 12.4 Å². The molecule has 1 heterocycles. The van der Waals surface area contributed by atoms with E-state index in [0.717, 1.165) is 12.1 Å². The van der Waals surface area contributed by atoms with E-state index in [4.69, 9.17) is 11.6 Å². The highest BCUT2D eigenvalue weighted by Crippen LogP contribution is 2.22. The summed E-state index contributed by atoms with van der Waals surface area (Å²) in [5, 5.41) is 2.60. The summed E-state index contributed by atoms with van der Waals surface area (Å²) in [7, 11) is 0. The summed E-state index contributed by atoms with van der Waals surface area (Å²) in [6, 6.07) is 3.60. The molecule has 1 fully saturated rings. The van der Waals surface area contributed by atoms with Crippen LogP contribution in [0.1, 0.15) is 0 Å². The van der Waals surface area contributed by atoms with Crippen molar-refractivity contribution in [2.24, 2.45) is 0 Å². The summed E-state index contributed by atoms with van der Waals surface area (Å²) in [5.41, 5.74) is 0.269. The molecule has 0 aliphatic carbocycles. The lowest BCUT2D eigenvalue weighted by atomic mass is 10.2. The molecule has 0 saturated carbocycles. The van der Waals surface area contributed by atoms with Crippen molar-refractivity contribution in [3.63, 3.8) is 0 Å². The Kier molecular flexibility index (Phi) is 5.33. The molecule has 3 amide bonds. The van der Waals surface area contributed by atoms with Crippen molar-refractivity contribution in [2.45, 2.75) is 0 Å². The van der Waals surface area contributed by atoms with Crippen LogP contribution in [0.4, 0.5) is 10.1 Å². The molecule has 0 aromatic heterocycles. The lowest BCUT2D eigenvalue weighted by Crippen LogP contribution is -2.53. The number of halogens is 2. The molecule has 23 heavy (non-hydrogen) atoms. The molecule has 0 atom stereocenters. The molecule has 1 aliphatic heterocycles. The first-order valence-corrected chi connectivity index (χ1v) is 7.22. The Bertz CT molecular complexity index is 665. The van der Waals surface area contributed by atoms with E-state index in [1.165, 1.54) is 21.9 Å². The molecule has 0 radical (unpaired) electrons. The number of amides is 3. The van der Waals surface area contributed by atoms with Gasteiger partial charge >= 0.3 is 0 Å². The quantitative estimate of drug-likeness (QED) is 0.840. The largest absolute Gasteiger partial charge is 0.330 e. The molecular weight excluding hydrogens is 325 g/mol. The van der Waals surface area contributed by atoms with Crippen LogP contribution in [0.3, 0.4) is 0 Å². The average molecular weight is 340 g/mol. The molecule has 6 nitrogen and oxygen atoms in total. The predicted molar refractivity (Wildman–Crippen MR) is 83.4 cm³/mol. The molecular formula is C15H15ClFN3O3. The Balaban J connectivity index is 1.92. The fourth-order valence-electron chi connectivity index (χ4n) is 2.15. The molecule has 8 heteroatoms. The van der Waals surface area contributed by atoms with E-state index in [9.17, 15) is 18.8 Å². The lowest BCUT2D eigenvalue weighted by Gasteiger charge is -2.33. The van der Waals surface area contributed by atoms with Crippen molar-refractivity contribution < 1.29 is 18.8 Å². The summed E-state index contributed by atoms with van der Waals surface area (Å²) in [5.74, 6) is -1.60. The van der Waals surface area contributed by atoms with E-state index in [0.29, 0.717) is 6.54 Å². The second-order valence-corrected chi connectivity index (χ2v) is 5.36. The van der Waals surface area contributed by atoms with Gasteiger partial charge in [0, 0.05) is 13.1 Å². The van der Waals surface area contributed by atoms with Gasteiger partial charge in [-0.15, -0.1) is 0 Å². The average Bonchev–Trinajstić information content (AvgIpc) is 2.51. The molecule has 1 aromatic carbocycles.